The van der Waals surface area contributed by atoms with Gasteiger partial charge in [-0.2, -0.15) is 5.10 Å². The van der Waals surface area contributed by atoms with Gasteiger partial charge in [-0.3, -0.25) is 15.1 Å². The van der Waals surface area contributed by atoms with Crippen LogP contribution in [0.25, 0.3) is 55.2 Å². The number of fused-ring (bicyclic) bond motifs is 2. The Kier molecular flexibility index (Phi) is 3.72. The molecule has 0 saturated heterocycles. The third kappa shape index (κ3) is 2.69. The second-order valence-corrected chi connectivity index (χ2v) is 8.29. The minimum Gasteiger partial charge on any atom is -0.338 e. The van der Waals surface area contributed by atoms with E-state index in [1.54, 1.807) is 36.1 Å². The molecule has 6 heterocycles. The molecule has 0 unspecified atom stereocenters. The van der Waals surface area contributed by atoms with E-state index in [9.17, 15) is 0 Å². The van der Waals surface area contributed by atoms with E-state index in [0.717, 1.165) is 39.1 Å². The number of aromatic amines is 2. The van der Waals surface area contributed by atoms with Crippen LogP contribution in [0.4, 0.5) is 0 Å². The minimum atomic E-state index is 0.651. The minimum absolute atomic E-state index is 0.651. The topological polar surface area (TPSA) is 96.0 Å². The van der Waals surface area contributed by atoms with Crippen LogP contribution in [0.1, 0.15) is 4.88 Å². The second-order valence-electron chi connectivity index (χ2n) is 7.00. The van der Waals surface area contributed by atoms with Gasteiger partial charge in [0.1, 0.15) is 5.65 Å². The number of pyridine rings is 2. The van der Waals surface area contributed by atoms with E-state index in [1.807, 2.05) is 12.3 Å². The maximum atomic E-state index is 4.53. The molecule has 2 N–H and O–H groups in total. The Bertz CT molecular complexity index is 1510. The zero-order valence-corrected chi connectivity index (χ0v) is 16.7. The molecule has 0 aliphatic rings. The molecule has 0 bridgehead atoms. The maximum Gasteiger partial charge on any atom is 0.181 e. The lowest BCUT2D eigenvalue weighted by molar-refractivity contribution is 1.10. The van der Waals surface area contributed by atoms with Gasteiger partial charge in [-0.1, -0.05) is 0 Å². The first-order valence-electron chi connectivity index (χ1n) is 9.42. The molecule has 0 saturated carbocycles. The van der Waals surface area contributed by atoms with Gasteiger partial charge in [-0.15, -0.1) is 11.3 Å². The van der Waals surface area contributed by atoms with Gasteiger partial charge >= 0.3 is 0 Å². The highest BCUT2D eigenvalue weighted by Gasteiger charge is 2.15. The monoisotopic (exact) mass is 409 g/mol. The van der Waals surface area contributed by atoms with E-state index in [2.05, 4.69) is 66.3 Å². The van der Waals surface area contributed by atoms with Crippen molar-refractivity contribution in [3.63, 3.8) is 0 Å². The highest BCUT2D eigenvalue weighted by atomic mass is 32.1. The quantitative estimate of drug-likeness (QED) is 0.429. The molecule has 0 radical (unpaired) electrons. The average Bonchev–Trinajstić information content (AvgIpc) is 3.51. The van der Waals surface area contributed by atoms with Crippen LogP contribution in [0.15, 0.2) is 61.3 Å². The third-order valence-electron chi connectivity index (χ3n) is 5.08. The van der Waals surface area contributed by atoms with Crippen molar-refractivity contribution in [3.8, 4) is 33.1 Å². The first-order chi connectivity index (χ1) is 14.8. The molecule has 6 aromatic heterocycles. The van der Waals surface area contributed by atoms with Crippen LogP contribution in [0, 0.1) is 6.92 Å². The Morgan fingerprint density at radius 1 is 0.900 bits per heavy atom. The van der Waals surface area contributed by atoms with Gasteiger partial charge in [0.2, 0.25) is 0 Å². The van der Waals surface area contributed by atoms with E-state index < -0.39 is 0 Å². The molecule has 0 aromatic carbocycles. The van der Waals surface area contributed by atoms with Crippen LogP contribution in [0.5, 0.6) is 0 Å². The van der Waals surface area contributed by atoms with E-state index in [1.165, 1.54) is 15.3 Å². The molecule has 8 heteroatoms. The molecule has 0 aliphatic heterocycles. The zero-order valence-electron chi connectivity index (χ0n) is 15.9. The fourth-order valence-corrected chi connectivity index (χ4v) is 4.56. The summed E-state index contributed by atoms with van der Waals surface area (Å²) in [7, 11) is 0. The number of aromatic nitrogens is 7. The summed E-state index contributed by atoms with van der Waals surface area (Å²) in [6.07, 6.45) is 8.66. The molecule has 0 aliphatic carbocycles. The Morgan fingerprint density at radius 2 is 1.87 bits per heavy atom. The predicted molar refractivity (Wildman–Crippen MR) is 118 cm³/mol. The van der Waals surface area contributed by atoms with Crippen molar-refractivity contribution in [2.75, 3.05) is 0 Å². The Hall–Kier alpha value is -3.91. The molecule has 0 fully saturated rings. The van der Waals surface area contributed by atoms with Crippen LogP contribution in [-0.2, 0) is 0 Å². The normalized spacial score (nSPS) is 11.5. The standard InChI is InChI=1S/C22H15N7S/c1-12-2-3-19(30-12)14-4-5-25-21-15(14)9-17(27-21)20-16-8-13(10-26-22(16)29-28-20)18-11-23-6-7-24-18/h2-11H,1H3,(H,25,27)(H,26,28,29). The van der Waals surface area contributed by atoms with Crippen molar-refractivity contribution in [1.82, 2.24) is 35.1 Å². The van der Waals surface area contributed by atoms with Gasteiger partial charge < -0.3 is 4.98 Å². The van der Waals surface area contributed by atoms with Gasteiger partial charge in [-0.25, -0.2) is 9.97 Å². The molecule has 144 valence electrons. The fourth-order valence-electron chi connectivity index (χ4n) is 3.65. The summed E-state index contributed by atoms with van der Waals surface area (Å²) >= 11 is 1.78. The van der Waals surface area contributed by atoms with Crippen molar-refractivity contribution in [2.45, 2.75) is 6.92 Å². The Balaban J connectivity index is 1.52. The van der Waals surface area contributed by atoms with Crippen LogP contribution < -0.4 is 0 Å². The lowest BCUT2D eigenvalue weighted by atomic mass is 10.1. The average molecular weight is 409 g/mol. The van der Waals surface area contributed by atoms with Gasteiger partial charge in [0, 0.05) is 56.4 Å². The molecule has 0 spiro atoms. The number of nitrogens with zero attached hydrogens (tertiary/aromatic N) is 5. The predicted octanol–water partition coefficient (Wildman–Crippen LogP) is 5.00. The lowest BCUT2D eigenvalue weighted by Gasteiger charge is -2.00. The molecule has 6 aromatic rings. The Labute approximate surface area is 174 Å². The van der Waals surface area contributed by atoms with Gasteiger partial charge in [0.25, 0.3) is 0 Å². The number of thiophene rings is 1. The summed E-state index contributed by atoms with van der Waals surface area (Å²) < 4.78 is 0. The number of aryl methyl sites for hydroxylation is 1. The molecule has 7 nitrogen and oxygen atoms in total. The summed E-state index contributed by atoms with van der Waals surface area (Å²) in [6.45, 7) is 2.12. The van der Waals surface area contributed by atoms with E-state index >= 15 is 0 Å². The highest BCUT2D eigenvalue weighted by molar-refractivity contribution is 7.15. The van der Waals surface area contributed by atoms with Gasteiger partial charge in [0.05, 0.1) is 23.3 Å². The van der Waals surface area contributed by atoms with E-state index in [-0.39, 0.29) is 0 Å². The number of H-pyrrole nitrogens is 2. The largest absolute Gasteiger partial charge is 0.338 e. The van der Waals surface area contributed by atoms with Crippen LogP contribution >= 0.6 is 11.3 Å². The van der Waals surface area contributed by atoms with Crippen LogP contribution in [0.2, 0.25) is 0 Å². The molecular weight excluding hydrogens is 394 g/mol. The van der Waals surface area contributed by atoms with Crippen molar-refractivity contribution in [3.05, 3.63) is 66.2 Å². The fraction of sp³-hybridized carbons (Fsp3) is 0.0455. The van der Waals surface area contributed by atoms with Crippen molar-refractivity contribution >= 4 is 33.4 Å². The molecule has 30 heavy (non-hydrogen) atoms. The van der Waals surface area contributed by atoms with Gasteiger partial charge in [0.15, 0.2) is 5.65 Å². The van der Waals surface area contributed by atoms with Crippen molar-refractivity contribution in [2.24, 2.45) is 0 Å². The lowest BCUT2D eigenvalue weighted by Crippen LogP contribution is -1.86. The summed E-state index contributed by atoms with van der Waals surface area (Å²) in [4.78, 5) is 23.5. The van der Waals surface area contributed by atoms with Crippen LogP contribution in [0.3, 0.4) is 0 Å². The first kappa shape index (κ1) is 17.0. The van der Waals surface area contributed by atoms with E-state index in [0.29, 0.717) is 5.65 Å². The van der Waals surface area contributed by atoms with Crippen molar-refractivity contribution in [1.29, 1.82) is 0 Å². The molecule has 6 rings (SSSR count). The molecule has 0 atom stereocenters. The molecule has 0 amide bonds. The number of nitrogens with one attached hydrogen (secondary N) is 2. The Morgan fingerprint density at radius 3 is 2.70 bits per heavy atom. The summed E-state index contributed by atoms with van der Waals surface area (Å²) in [5.41, 5.74) is 6.11. The van der Waals surface area contributed by atoms with Gasteiger partial charge in [-0.05, 0) is 37.3 Å². The highest BCUT2D eigenvalue weighted by Crippen LogP contribution is 2.36. The third-order valence-corrected chi connectivity index (χ3v) is 6.11. The summed E-state index contributed by atoms with van der Waals surface area (Å²) in [5.74, 6) is 0. The first-order valence-corrected chi connectivity index (χ1v) is 10.2. The number of rotatable bonds is 3. The molecular formula is C22H15N7S. The SMILES string of the molecule is Cc1ccc(-c2ccnc3[nH]c(-c4[nH]nc5ncc(-c6cnccn6)cc45)cc23)s1. The number of hydrogen-bond acceptors (Lipinski definition) is 6. The van der Waals surface area contributed by atoms with Crippen molar-refractivity contribution < 1.29 is 0 Å². The van der Waals surface area contributed by atoms with Crippen LogP contribution in [-0.4, -0.2) is 35.1 Å². The smallest absolute Gasteiger partial charge is 0.181 e. The summed E-state index contributed by atoms with van der Waals surface area (Å²) in [6, 6.07) is 10.5. The summed E-state index contributed by atoms with van der Waals surface area (Å²) in [5, 5.41) is 9.50. The number of hydrogen-bond donors (Lipinski definition) is 2. The van der Waals surface area contributed by atoms with E-state index in [4.69, 9.17) is 0 Å². The zero-order chi connectivity index (χ0) is 20.1. The second kappa shape index (κ2) is 6.57. The maximum absolute atomic E-state index is 4.53.